The van der Waals surface area contributed by atoms with Gasteiger partial charge in [0, 0.05) is 52.0 Å². The molecule has 1 aromatic rings. The number of rotatable bonds is 6. The maximum atomic E-state index is 12.4. The van der Waals surface area contributed by atoms with Crippen molar-refractivity contribution in [2.45, 2.75) is 31.3 Å². The maximum absolute atomic E-state index is 12.4. The van der Waals surface area contributed by atoms with Crippen LogP contribution in [0.5, 0.6) is 0 Å². The summed E-state index contributed by atoms with van der Waals surface area (Å²) in [5, 5.41) is 12.1. The van der Waals surface area contributed by atoms with Crippen molar-refractivity contribution in [3.05, 3.63) is 12.4 Å². The van der Waals surface area contributed by atoms with Gasteiger partial charge in [-0.1, -0.05) is 0 Å². The second-order valence-corrected chi connectivity index (χ2v) is 6.12. The van der Waals surface area contributed by atoms with Crippen LogP contribution in [0.2, 0.25) is 0 Å². The predicted molar refractivity (Wildman–Crippen MR) is 87.0 cm³/mol. The molecule has 3 rings (SSSR count). The molecule has 0 saturated carbocycles. The van der Waals surface area contributed by atoms with Gasteiger partial charge < -0.3 is 9.80 Å². The largest absolute Gasteiger partial charge is 0.332 e. The van der Waals surface area contributed by atoms with Gasteiger partial charge in [-0.2, -0.15) is 15.3 Å². The quantitative estimate of drug-likeness (QED) is 0.729. The lowest BCUT2D eigenvalue weighted by atomic mass is 10.0. The lowest BCUT2D eigenvalue weighted by Crippen LogP contribution is -2.52. The molecule has 2 amide bonds. The summed E-state index contributed by atoms with van der Waals surface area (Å²) in [6.45, 7) is 1.09. The van der Waals surface area contributed by atoms with Gasteiger partial charge in [0.1, 0.15) is 6.54 Å². The molecular weight excluding hydrogens is 308 g/mol. The van der Waals surface area contributed by atoms with E-state index in [0.29, 0.717) is 38.8 Å². The average molecular weight is 328 g/mol. The van der Waals surface area contributed by atoms with Crippen LogP contribution in [-0.2, 0) is 16.6 Å². The van der Waals surface area contributed by atoms with Crippen molar-refractivity contribution < 1.29 is 9.59 Å². The van der Waals surface area contributed by atoms with Crippen LogP contribution < -0.4 is 4.90 Å². The van der Waals surface area contributed by atoms with Gasteiger partial charge in [-0.15, -0.1) is 12.3 Å². The first-order valence-corrected chi connectivity index (χ1v) is 7.97. The summed E-state index contributed by atoms with van der Waals surface area (Å²) in [5.41, 5.74) is 0.308. The first kappa shape index (κ1) is 16.2. The summed E-state index contributed by atoms with van der Waals surface area (Å²) >= 11 is 0. The topological polar surface area (TPSA) is 83.2 Å². The van der Waals surface area contributed by atoms with E-state index >= 15 is 0 Å². The van der Waals surface area contributed by atoms with Crippen LogP contribution in [-0.4, -0.2) is 51.8 Å². The summed E-state index contributed by atoms with van der Waals surface area (Å²) in [4.78, 5) is 27.9. The van der Waals surface area contributed by atoms with Crippen molar-refractivity contribution in [2.24, 2.45) is 17.3 Å². The standard InChI is InChI=1S/C16H20N6O2/c1-3-4-6-16(18-19-16)7-5-14(23)21-8-9-22(15(24)12-21)13-10-17-20(2)11-13/h1,10-11H,4-9,12H2,2H3. The number of hydrogen-bond acceptors (Lipinski definition) is 5. The number of carbonyl (C=O) groups excluding carboxylic acids is 2. The van der Waals surface area contributed by atoms with E-state index < -0.39 is 5.66 Å². The Morgan fingerprint density at radius 3 is 2.75 bits per heavy atom. The minimum atomic E-state index is -0.455. The molecule has 0 spiro atoms. The molecule has 0 bridgehead atoms. The lowest BCUT2D eigenvalue weighted by molar-refractivity contribution is -0.137. The smallest absolute Gasteiger partial charge is 0.246 e. The number of amides is 2. The number of terminal acetylenes is 1. The maximum Gasteiger partial charge on any atom is 0.246 e. The molecule has 0 aliphatic carbocycles. The van der Waals surface area contributed by atoms with E-state index in [2.05, 4.69) is 21.2 Å². The van der Waals surface area contributed by atoms with E-state index in [9.17, 15) is 9.59 Å². The van der Waals surface area contributed by atoms with Crippen molar-refractivity contribution in [3.8, 4) is 12.3 Å². The lowest BCUT2D eigenvalue weighted by Gasteiger charge is -2.33. The summed E-state index contributed by atoms with van der Waals surface area (Å²) in [5.74, 6) is 2.44. The number of nitrogens with zero attached hydrogens (tertiary/aromatic N) is 6. The van der Waals surface area contributed by atoms with Crippen molar-refractivity contribution in [3.63, 3.8) is 0 Å². The molecule has 1 fully saturated rings. The molecular formula is C16H20N6O2. The summed E-state index contributed by atoms with van der Waals surface area (Å²) in [6.07, 6.45) is 10.9. The second-order valence-electron chi connectivity index (χ2n) is 6.12. The van der Waals surface area contributed by atoms with Crippen molar-refractivity contribution >= 4 is 17.5 Å². The van der Waals surface area contributed by atoms with Gasteiger partial charge in [-0.25, -0.2) is 0 Å². The SMILES string of the molecule is C#CCCC1(CCC(=O)N2CCN(c3cnn(C)c3)C(=O)C2)N=N1. The Kier molecular flexibility index (Phi) is 4.34. The fourth-order valence-corrected chi connectivity index (χ4v) is 2.84. The van der Waals surface area contributed by atoms with Crippen LogP contribution >= 0.6 is 0 Å². The summed E-state index contributed by atoms with van der Waals surface area (Å²) < 4.78 is 1.65. The zero-order valence-electron chi connectivity index (χ0n) is 13.7. The molecule has 126 valence electrons. The molecule has 1 saturated heterocycles. The molecule has 8 heteroatoms. The number of hydrogen-bond donors (Lipinski definition) is 0. The van der Waals surface area contributed by atoms with E-state index in [0.717, 1.165) is 5.69 Å². The highest BCUT2D eigenvalue weighted by Crippen LogP contribution is 2.37. The Balaban J connectivity index is 1.49. The van der Waals surface area contributed by atoms with Gasteiger partial charge >= 0.3 is 0 Å². The third-order valence-electron chi connectivity index (χ3n) is 4.37. The number of aromatic nitrogens is 2. The minimum absolute atomic E-state index is 0.0356. The van der Waals surface area contributed by atoms with Crippen LogP contribution in [0.25, 0.3) is 0 Å². The summed E-state index contributed by atoms with van der Waals surface area (Å²) in [6, 6.07) is 0. The zero-order valence-corrected chi connectivity index (χ0v) is 13.7. The molecule has 2 aliphatic rings. The predicted octanol–water partition coefficient (Wildman–Crippen LogP) is 0.951. The fourth-order valence-electron chi connectivity index (χ4n) is 2.84. The Morgan fingerprint density at radius 1 is 1.38 bits per heavy atom. The molecule has 1 aromatic heterocycles. The highest BCUT2D eigenvalue weighted by Gasteiger charge is 2.40. The number of aryl methyl sites for hydroxylation is 1. The molecule has 0 aromatic carbocycles. The van der Waals surface area contributed by atoms with Gasteiger partial charge in [-0.05, 0) is 0 Å². The van der Waals surface area contributed by atoms with E-state index in [1.165, 1.54) is 0 Å². The highest BCUT2D eigenvalue weighted by molar-refractivity contribution is 5.97. The number of anilines is 1. The zero-order chi connectivity index (χ0) is 17.2. The van der Waals surface area contributed by atoms with E-state index in [1.807, 2.05) is 0 Å². The molecule has 8 nitrogen and oxygen atoms in total. The van der Waals surface area contributed by atoms with Crippen molar-refractivity contribution in [1.29, 1.82) is 0 Å². The van der Waals surface area contributed by atoms with Crippen molar-refractivity contribution in [1.82, 2.24) is 14.7 Å². The minimum Gasteiger partial charge on any atom is -0.332 e. The van der Waals surface area contributed by atoms with Gasteiger partial charge in [-0.3, -0.25) is 14.3 Å². The van der Waals surface area contributed by atoms with Crippen LogP contribution in [0.3, 0.4) is 0 Å². The average Bonchev–Trinajstić information content (AvgIpc) is 3.23. The van der Waals surface area contributed by atoms with Gasteiger partial charge in [0.25, 0.3) is 0 Å². The Labute approximate surface area is 140 Å². The van der Waals surface area contributed by atoms with E-state index in [-0.39, 0.29) is 18.4 Å². The Hall–Kier alpha value is -2.69. The fraction of sp³-hybridized carbons (Fsp3) is 0.562. The highest BCUT2D eigenvalue weighted by atomic mass is 16.2. The van der Waals surface area contributed by atoms with Gasteiger partial charge in [0.2, 0.25) is 11.8 Å². The van der Waals surface area contributed by atoms with E-state index in [1.54, 1.807) is 33.9 Å². The first-order valence-electron chi connectivity index (χ1n) is 7.97. The van der Waals surface area contributed by atoms with E-state index in [4.69, 9.17) is 6.42 Å². The molecule has 3 heterocycles. The summed E-state index contributed by atoms with van der Waals surface area (Å²) in [7, 11) is 1.80. The first-order chi connectivity index (χ1) is 11.5. The molecule has 24 heavy (non-hydrogen) atoms. The Morgan fingerprint density at radius 2 is 2.17 bits per heavy atom. The molecule has 0 unspecified atom stereocenters. The van der Waals surface area contributed by atoms with Crippen LogP contribution in [0.1, 0.15) is 25.7 Å². The normalized spacial score (nSPS) is 18.6. The van der Waals surface area contributed by atoms with Crippen LogP contribution in [0.4, 0.5) is 5.69 Å². The number of piperazine rings is 1. The third kappa shape index (κ3) is 3.45. The van der Waals surface area contributed by atoms with Gasteiger partial charge in [0.05, 0.1) is 11.9 Å². The number of carbonyl (C=O) groups is 2. The Bertz CT molecular complexity index is 710. The van der Waals surface area contributed by atoms with Crippen LogP contribution in [0.15, 0.2) is 22.6 Å². The van der Waals surface area contributed by atoms with Crippen molar-refractivity contribution in [2.75, 3.05) is 24.5 Å². The molecule has 0 N–H and O–H groups in total. The third-order valence-corrected chi connectivity index (χ3v) is 4.37. The molecule has 0 atom stereocenters. The molecule has 2 aliphatic heterocycles. The molecule has 0 radical (unpaired) electrons. The monoisotopic (exact) mass is 328 g/mol. The van der Waals surface area contributed by atoms with Crippen LogP contribution in [0, 0.1) is 12.3 Å². The van der Waals surface area contributed by atoms with Gasteiger partial charge in [0.15, 0.2) is 5.66 Å². The second kappa shape index (κ2) is 6.43.